The number of aryl methyl sites for hydroxylation is 2. The first-order chi connectivity index (χ1) is 14.9. The molecule has 7 nitrogen and oxygen atoms in total. The molecule has 0 aliphatic carbocycles. The molecule has 2 aromatic rings. The summed E-state index contributed by atoms with van der Waals surface area (Å²) in [7, 11) is 1.82. The average molecular weight is 471 g/mol. The summed E-state index contributed by atoms with van der Waals surface area (Å²) in [5.41, 5.74) is 2.42. The Morgan fingerprint density at radius 2 is 2.03 bits per heavy atom. The lowest BCUT2D eigenvalue weighted by Gasteiger charge is -2.20. The predicted octanol–water partition coefficient (Wildman–Crippen LogP) is 4.06. The van der Waals surface area contributed by atoms with Gasteiger partial charge in [0.25, 0.3) is 0 Å². The topological polar surface area (TPSA) is 85.6 Å². The lowest BCUT2D eigenvalue weighted by Crippen LogP contribution is -2.33. The van der Waals surface area contributed by atoms with Gasteiger partial charge in [-0.3, -0.25) is 14.3 Å². The Balaban J connectivity index is 1.69. The number of carbonyl (C=O) groups is 2. The molecule has 0 saturated carbocycles. The van der Waals surface area contributed by atoms with Crippen molar-refractivity contribution in [2.75, 3.05) is 6.54 Å². The quantitative estimate of drug-likeness (QED) is 0.618. The SMILES string of the molecule is Cc1nn(C)cc1C1(C)CC(c2ccc(Cl)c(C(=O)CCC(=O)NCC(F)(F)F)c2)=NO1. The van der Waals surface area contributed by atoms with Crippen LogP contribution in [0.3, 0.4) is 0 Å². The van der Waals surface area contributed by atoms with Crippen molar-refractivity contribution in [3.8, 4) is 0 Å². The Morgan fingerprint density at radius 3 is 2.66 bits per heavy atom. The van der Waals surface area contributed by atoms with Crippen LogP contribution in [-0.2, 0) is 22.3 Å². The molecule has 0 bridgehead atoms. The fourth-order valence-electron chi connectivity index (χ4n) is 3.53. The van der Waals surface area contributed by atoms with Crippen LogP contribution in [0, 0.1) is 6.92 Å². The first kappa shape index (κ1) is 23.8. The molecule has 0 saturated heterocycles. The van der Waals surface area contributed by atoms with E-state index in [1.54, 1.807) is 28.2 Å². The van der Waals surface area contributed by atoms with Crippen molar-refractivity contribution in [2.45, 2.75) is 44.9 Å². The largest absolute Gasteiger partial charge is 0.405 e. The number of aromatic nitrogens is 2. The van der Waals surface area contributed by atoms with E-state index in [0.717, 1.165) is 11.3 Å². The molecular weight excluding hydrogens is 449 g/mol. The highest BCUT2D eigenvalue weighted by molar-refractivity contribution is 6.34. The van der Waals surface area contributed by atoms with Crippen LogP contribution in [0.15, 0.2) is 29.6 Å². The number of hydrogen-bond acceptors (Lipinski definition) is 5. The van der Waals surface area contributed by atoms with Crippen molar-refractivity contribution in [1.82, 2.24) is 15.1 Å². The molecule has 1 unspecified atom stereocenters. The van der Waals surface area contributed by atoms with Crippen molar-refractivity contribution < 1.29 is 27.6 Å². The molecule has 3 rings (SSSR count). The Morgan fingerprint density at radius 1 is 1.31 bits per heavy atom. The van der Waals surface area contributed by atoms with Gasteiger partial charge in [-0.1, -0.05) is 22.8 Å². The van der Waals surface area contributed by atoms with E-state index in [1.165, 1.54) is 0 Å². The molecule has 11 heteroatoms. The molecule has 1 amide bonds. The number of halogens is 4. The minimum atomic E-state index is -4.51. The molecular formula is C21H22ClF3N4O3. The maximum absolute atomic E-state index is 12.6. The minimum absolute atomic E-state index is 0.168. The number of rotatable bonds is 7. The fraction of sp³-hybridized carbons (Fsp3) is 0.429. The minimum Gasteiger partial charge on any atom is -0.384 e. The number of hydrogen-bond donors (Lipinski definition) is 1. The fourth-order valence-corrected chi connectivity index (χ4v) is 3.75. The van der Waals surface area contributed by atoms with Crippen molar-refractivity contribution in [3.63, 3.8) is 0 Å². The van der Waals surface area contributed by atoms with Gasteiger partial charge in [-0.25, -0.2) is 0 Å². The van der Waals surface area contributed by atoms with Crippen LogP contribution in [0.4, 0.5) is 13.2 Å². The van der Waals surface area contributed by atoms with Gasteiger partial charge in [-0.15, -0.1) is 0 Å². The second-order valence-electron chi connectivity index (χ2n) is 7.85. The molecule has 0 radical (unpaired) electrons. The third-order valence-electron chi connectivity index (χ3n) is 5.11. The van der Waals surface area contributed by atoms with E-state index >= 15 is 0 Å². The van der Waals surface area contributed by atoms with Crippen molar-refractivity contribution in [1.29, 1.82) is 0 Å². The number of amides is 1. The number of alkyl halides is 3. The van der Waals surface area contributed by atoms with Gasteiger partial charge in [0, 0.05) is 49.2 Å². The Bertz CT molecular complexity index is 1080. The van der Waals surface area contributed by atoms with Gasteiger partial charge in [0.1, 0.15) is 6.54 Å². The molecule has 1 aliphatic rings. The molecule has 1 aromatic heterocycles. The number of Topliss-reactive ketones (excluding diaryl/α,β-unsaturated/α-hetero) is 1. The zero-order chi connectivity index (χ0) is 23.7. The average Bonchev–Trinajstić information content (AvgIpc) is 3.27. The maximum Gasteiger partial charge on any atom is 0.405 e. The highest BCUT2D eigenvalue weighted by Crippen LogP contribution is 2.37. The molecule has 0 fully saturated rings. The van der Waals surface area contributed by atoms with Crippen molar-refractivity contribution in [3.05, 3.63) is 51.8 Å². The lowest BCUT2D eigenvalue weighted by molar-refractivity contribution is -0.138. The van der Waals surface area contributed by atoms with Crippen LogP contribution < -0.4 is 5.32 Å². The zero-order valence-electron chi connectivity index (χ0n) is 17.7. The van der Waals surface area contributed by atoms with E-state index in [4.69, 9.17) is 16.4 Å². The van der Waals surface area contributed by atoms with Gasteiger partial charge >= 0.3 is 6.18 Å². The number of ketones is 1. The molecule has 172 valence electrons. The molecule has 1 N–H and O–H groups in total. The summed E-state index contributed by atoms with van der Waals surface area (Å²) < 4.78 is 38.3. The highest BCUT2D eigenvalue weighted by Gasteiger charge is 2.39. The van der Waals surface area contributed by atoms with E-state index < -0.39 is 30.0 Å². The first-order valence-corrected chi connectivity index (χ1v) is 10.2. The molecule has 2 heterocycles. The summed E-state index contributed by atoms with van der Waals surface area (Å²) in [5.74, 6) is -1.32. The number of carbonyl (C=O) groups excluding carboxylic acids is 2. The molecule has 0 spiro atoms. The van der Waals surface area contributed by atoms with E-state index in [-0.39, 0.29) is 23.4 Å². The Kier molecular flexibility index (Phi) is 6.64. The molecule has 1 atom stereocenters. The van der Waals surface area contributed by atoms with Crippen LogP contribution in [0.1, 0.15) is 53.4 Å². The van der Waals surface area contributed by atoms with Crippen molar-refractivity contribution in [2.24, 2.45) is 12.2 Å². The van der Waals surface area contributed by atoms with E-state index in [1.807, 2.05) is 27.1 Å². The summed E-state index contributed by atoms with van der Waals surface area (Å²) >= 11 is 6.16. The second kappa shape index (κ2) is 8.93. The van der Waals surface area contributed by atoms with Crippen LogP contribution in [0.5, 0.6) is 0 Å². The normalized spacial score (nSPS) is 18.3. The smallest absolute Gasteiger partial charge is 0.384 e. The third kappa shape index (κ3) is 5.48. The zero-order valence-corrected chi connectivity index (χ0v) is 18.5. The second-order valence-corrected chi connectivity index (χ2v) is 8.26. The van der Waals surface area contributed by atoms with Gasteiger partial charge in [-0.05, 0) is 26.0 Å². The number of oxime groups is 1. The summed E-state index contributed by atoms with van der Waals surface area (Å²) in [4.78, 5) is 29.9. The summed E-state index contributed by atoms with van der Waals surface area (Å²) in [6.45, 7) is 2.34. The van der Waals surface area contributed by atoms with E-state index in [2.05, 4.69) is 10.3 Å². The summed E-state index contributed by atoms with van der Waals surface area (Å²) in [6.07, 6.45) is -2.85. The third-order valence-corrected chi connectivity index (χ3v) is 5.44. The van der Waals surface area contributed by atoms with Crippen LogP contribution in [0.2, 0.25) is 5.02 Å². The lowest BCUT2D eigenvalue weighted by atomic mass is 9.89. The van der Waals surface area contributed by atoms with Crippen LogP contribution in [0.25, 0.3) is 0 Å². The Hall–Kier alpha value is -2.88. The summed E-state index contributed by atoms with van der Waals surface area (Å²) in [6, 6.07) is 4.81. The van der Waals surface area contributed by atoms with Crippen LogP contribution in [-0.4, -0.2) is 39.9 Å². The van der Waals surface area contributed by atoms with Gasteiger partial charge in [0.2, 0.25) is 5.91 Å². The highest BCUT2D eigenvalue weighted by atomic mass is 35.5. The standard InChI is InChI=1S/C21H22ClF3N4O3/c1-12-15(10-29(3)27-12)20(2)9-17(28-32-20)13-4-5-16(22)14(8-13)18(30)6-7-19(31)26-11-21(23,24)25/h4-5,8,10H,6-7,9,11H2,1-3H3,(H,26,31). The predicted molar refractivity (Wildman–Crippen MR) is 112 cm³/mol. The van der Waals surface area contributed by atoms with Crippen LogP contribution >= 0.6 is 11.6 Å². The van der Waals surface area contributed by atoms with Gasteiger partial charge in [-0.2, -0.15) is 18.3 Å². The van der Waals surface area contributed by atoms with Crippen molar-refractivity contribution >= 4 is 29.0 Å². The summed E-state index contributed by atoms with van der Waals surface area (Å²) in [5, 5.41) is 10.4. The molecule has 1 aliphatic heterocycles. The van der Waals surface area contributed by atoms with Gasteiger partial charge in [0.15, 0.2) is 11.4 Å². The first-order valence-electron chi connectivity index (χ1n) is 9.80. The Labute approximate surface area is 187 Å². The number of nitrogens with zero attached hydrogens (tertiary/aromatic N) is 3. The maximum atomic E-state index is 12.6. The van der Waals surface area contributed by atoms with Gasteiger partial charge < -0.3 is 10.2 Å². The van der Waals surface area contributed by atoms with E-state index in [0.29, 0.717) is 17.7 Å². The number of benzene rings is 1. The molecule has 1 aromatic carbocycles. The van der Waals surface area contributed by atoms with Gasteiger partial charge in [0.05, 0.1) is 16.4 Å². The number of nitrogens with one attached hydrogen (secondary N) is 1. The van der Waals surface area contributed by atoms with E-state index in [9.17, 15) is 22.8 Å². The molecule has 32 heavy (non-hydrogen) atoms. The monoisotopic (exact) mass is 470 g/mol.